The van der Waals surface area contributed by atoms with Crippen LogP contribution in [0, 0.1) is 0 Å². The summed E-state index contributed by atoms with van der Waals surface area (Å²) < 4.78 is 34.1. The molecule has 7 heteroatoms. The Hall–Kier alpha value is 0.909. The summed E-state index contributed by atoms with van der Waals surface area (Å²) in [5.74, 6) is 0. The third-order valence-electron chi connectivity index (χ3n) is 0. The first-order valence-corrected chi connectivity index (χ1v) is 4.12. The van der Waals surface area contributed by atoms with Gasteiger partial charge in [0.25, 0.3) is 0 Å². The van der Waals surface area contributed by atoms with Gasteiger partial charge in [-0.15, -0.1) is 0 Å². The standard InChI is InChI=1S/2Fe.H2O4S/c;;1-5(2,3)4/h;;(H2,1,2,3,4)/q;+2;/p-2. The van der Waals surface area contributed by atoms with Gasteiger partial charge in [0, 0.05) is 10.4 Å². The fourth-order valence-corrected chi connectivity index (χ4v) is 0. The molecule has 0 atom stereocenters. The van der Waals surface area contributed by atoms with Crippen LogP contribution in [0.5, 0.6) is 0 Å². The molecule has 46 valence electrons. The molecule has 0 aromatic heterocycles. The van der Waals surface area contributed by atoms with Gasteiger partial charge in [0.2, 0.25) is 0 Å². The Labute approximate surface area is 56.4 Å². The molecular formula is Fe2O4S. The maximum atomic E-state index is 8.52. The third-order valence-corrected chi connectivity index (χ3v) is 0. The van der Waals surface area contributed by atoms with Crippen molar-refractivity contribution in [1.29, 1.82) is 0 Å². The molecule has 0 aromatic carbocycles. The predicted molar refractivity (Wildman–Crippen MR) is 10.5 cm³/mol. The zero-order valence-electron chi connectivity index (χ0n) is 2.75. The average Bonchev–Trinajstić information content (AvgIpc) is 1.36. The fraction of sp³-hybridized carbons (Fsp3) is 0. The van der Waals surface area contributed by atoms with Crippen LogP contribution < -0.4 is 0 Å². The van der Waals surface area contributed by atoms with Gasteiger partial charge < -0.3 is 9.11 Å². The van der Waals surface area contributed by atoms with Crippen molar-refractivity contribution < 1.29 is 45.9 Å². The Bertz CT molecular complexity index is 92.9. The molecule has 0 saturated carbocycles. The SMILES string of the molecule is O=S(=O)([O-])[O-].[Fe][Fe+2]. The quantitative estimate of drug-likeness (QED) is 0.280. The average molecular weight is 208 g/mol. The number of hydrogen-bond donors (Lipinski definition) is 0. The second-order valence-corrected chi connectivity index (χ2v) is 1.22. The molecule has 0 aliphatic rings. The van der Waals surface area contributed by atoms with E-state index in [0.29, 0.717) is 0 Å². The number of rotatable bonds is 0. The topological polar surface area (TPSA) is 80.3 Å². The van der Waals surface area contributed by atoms with Gasteiger partial charge in [-0.1, -0.05) is 0 Å². The van der Waals surface area contributed by atoms with Crippen molar-refractivity contribution in [2.24, 2.45) is 0 Å². The Balaban J connectivity index is 0. The summed E-state index contributed by atoms with van der Waals surface area (Å²) in [5, 5.41) is 0. The molecule has 0 fully saturated rings. The van der Waals surface area contributed by atoms with E-state index in [1.165, 1.54) is 0 Å². The molecule has 0 unspecified atom stereocenters. The van der Waals surface area contributed by atoms with E-state index in [2.05, 4.69) is 28.4 Å². The minimum atomic E-state index is -5.17. The summed E-state index contributed by atoms with van der Waals surface area (Å²) in [6.45, 7) is 0. The van der Waals surface area contributed by atoms with Crippen molar-refractivity contribution in [1.82, 2.24) is 0 Å². The van der Waals surface area contributed by atoms with Crippen molar-refractivity contribution in [3.05, 3.63) is 0 Å². The van der Waals surface area contributed by atoms with Crippen LogP contribution in [-0.2, 0) is 38.8 Å². The zero-order chi connectivity index (χ0) is 6.50. The molecule has 0 heterocycles. The summed E-state index contributed by atoms with van der Waals surface area (Å²) in [6, 6.07) is 0. The van der Waals surface area contributed by atoms with Gasteiger partial charge in [-0.25, -0.2) is 0 Å². The fourth-order valence-electron chi connectivity index (χ4n) is 0. The van der Waals surface area contributed by atoms with Crippen LogP contribution in [-0.4, -0.2) is 17.5 Å². The molecule has 7 heavy (non-hydrogen) atoms. The summed E-state index contributed by atoms with van der Waals surface area (Å²) in [5.41, 5.74) is 0. The molecule has 4 nitrogen and oxygen atoms in total. The Kier molecular flexibility index (Phi) is 7.81. The van der Waals surface area contributed by atoms with Crippen LogP contribution in [0.1, 0.15) is 0 Å². The van der Waals surface area contributed by atoms with Gasteiger partial charge in [-0.2, -0.15) is 0 Å². The van der Waals surface area contributed by atoms with E-state index in [0.717, 1.165) is 0 Å². The van der Waals surface area contributed by atoms with Gasteiger partial charge in [-0.05, 0) is 0 Å². The van der Waals surface area contributed by atoms with Gasteiger partial charge in [0.05, 0.1) is 0 Å². The Morgan fingerprint density at radius 2 is 1.29 bits per heavy atom. The third kappa shape index (κ3) is 202. The molecule has 0 radical (unpaired) electrons. The zero-order valence-corrected chi connectivity index (χ0v) is 5.77. The van der Waals surface area contributed by atoms with Crippen LogP contribution in [0.4, 0.5) is 0 Å². The second kappa shape index (κ2) is 5.05. The summed E-state index contributed by atoms with van der Waals surface area (Å²) >= 11 is 6.00. The normalized spacial score (nSPS) is 9.00. The van der Waals surface area contributed by atoms with Crippen molar-refractivity contribution in [3.8, 4) is 0 Å². The first-order valence-electron chi connectivity index (χ1n) is 0.792. The molecule has 0 amide bonds. The van der Waals surface area contributed by atoms with Crippen molar-refractivity contribution in [3.63, 3.8) is 0 Å². The van der Waals surface area contributed by atoms with Crippen molar-refractivity contribution in [2.45, 2.75) is 0 Å². The number of hydrogen-bond acceptors (Lipinski definition) is 4. The van der Waals surface area contributed by atoms with Crippen molar-refractivity contribution >= 4 is 10.4 Å². The molecule has 0 aliphatic heterocycles. The van der Waals surface area contributed by atoms with E-state index in [1.54, 1.807) is 0 Å². The second-order valence-electron chi connectivity index (χ2n) is 0.408. The molecular weight excluding hydrogens is 208 g/mol. The Morgan fingerprint density at radius 3 is 1.29 bits per heavy atom. The first-order chi connectivity index (χ1) is 3.00. The van der Waals surface area contributed by atoms with E-state index >= 15 is 0 Å². The molecule has 0 saturated heterocycles. The maximum absolute atomic E-state index is 8.52. The molecule has 0 aromatic rings. The molecule has 0 aliphatic carbocycles. The van der Waals surface area contributed by atoms with Crippen LogP contribution >= 0.6 is 0 Å². The monoisotopic (exact) mass is 208 g/mol. The van der Waals surface area contributed by atoms with E-state index < -0.39 is 10.4 Å². The minimum absolute atomic E-state index is 3.00. The van der Waals surface area contributed by atoms with Gasteiger partial charge >= 0.3 is 28.4 Å². The molecule has 0 spiro atoms. The van der Waals surface area contributed by atoms with Crippen LogP contribution in [0.25, 0.3) is 0 Å². The van der Waals surface area contributed by atoms with Gasteiger partial charge in [-0.3, -0.25) is 8.42 Å². The first kappa shape index (κ1) is 10.8. The van der Waals surface area contributed by atoms with E-state index in [9.17, 15) is 0 Å². The molecule has 0 N–H and O–H groups in total. The van der Waals surface area contributed by atoms with Crippen LogP contribution in [0.3, 0.4) is 0 Å². The van der Waals surface area contributed by atoms with Gasteiger partial charge in [0.1, 0.15) is 0 Å². The predicted octanol–water partition coefficient (Wildman–Crippen LogP) is -1.34. The van der Waals surface area contributed by atoms with E-state index in [4.69, 9.17) is 17.5 Å². The Morgan fingerprint density at radius 1 is 1.29 bits per heavy atom. The van der Waals surface area contributed by atoms with E-state index in [1.807, 2.05) is 0 Å². The van der Waals surface area contributed by atoms with Crippen LogP contribution in [0.2, 0.25) is 0 Å². The summed E-state index contributed by atoms with van der Waals surface area (Å²) in [7, 11) is -5.17. The van der Waals surface area contributed by atoms with Crippen LogP contribution in [0.15, 0.2) is 0 Å². The summed E-state index contributed by atoms with van der Waals surface area (Å²) in [6.07, 6.45) is 0. The van der Waals surface area contributed by atoms with E-state index in [-0.39, 0.29) is 0 Å². The molecule has 0 bridgehead atoms. The van der Waals surface area contributed by atoms with Gasteiger partial charge in [0.15, 0.2) is 0 Å². The summed E-state index contributed by atoms with van der Waals surface area (Å²) in [4.78, 5) is 0. The van der Waals surface area contributed by atoms with Crippen molar-refractivity contribution in [2.75, 3.05) is 0 Å². The molecule has 0 rings (SSSR count).